The van der Waals surface area contributed by atoms with Crippen molar-refractivity contribution in [3.05, 3.63) is 60.2 Å². The molecule has 142 valence electrons. The monoisotopic (exact) mass is 367 g/mol. The largest absolute Gasteiger partial charge is 0.457 e. The van der Waals surface area contributed by atoms with E-state index >= 15 is 0 Å². The molecule has 1 saturated heterocycles. The Labute approximate surface area is 159 Å². The summed E-state index contributed by atoms with van der Waals surface area (Å²) in [7, 11) is 0. The van der Waals surface area contributed by atoms with Crippen molar-refractivity contribution in [1.82, 2.24) is 4.90 Å². The van der Waals surface area contributed by atoms with E-state index in [9.17, 15) is 9.59 Å². The molecule has 3 rings (SSSR count). The standard InChI is InChI=1S/C22H25NO4/c1-22(2,3)27-21(25)23-14-13-17(15-23)20(24)16-9-11-19(12-10-16)26-18-7-5-4-6-8-18/h4-12,17H,13-15H2,1-3H3. The maximum absolute atomic E-state index is 12.8. The first-order chi connectivity index (χ1) is 12.8. The number of hydrogen-bond donors (Lipinski definition) is 0. The molecule has 2 aromatic rings. The number of amides is 1. The highest BCUT2D eigenvalue weighted by Crippen LogP contribution is 2.25. The fourth-order valence-electron chi connectivity index (χ4n) is 3.01. The van der Waals surface area contributed by atoms with Gasteiger partial charge >= 0.3 is 6.09 Å². The molecule has 0 aromatic heterocycles. The Morgan fingerprint density at radius 1 is 0.963 bits per heavy atom. The van der Waals surface area contributed by atoms with Gasteiger partial charge in [-0.15, -0.1) is 0 Å². The number of rotatable bonds is 4. The molecule has 2 aromatic carbocycles. The highest BCUT2D eigenvalue weighted by Gasteiger charge is 2.33. The molecular formula is C22H25NO4. The van der Waals surface area contributed by atoms with Crippen LogP contribution < -0.4 is 4.74 Å². The number of nitrogens with zero attached hydrogens (tertiary/aromatic N) is 1. The van der Waals surface area contributed by atoms with Gasteiger partial charge in [0.2, 0.25) is 0 Å². The van der Waals surface area contributed by atoms with Crippen molar-refractivity contribution in [3.8, 4) is 11.5 Å². The normalized spacial score (nSPS) is 16.9. The van der Waals surface area contributed by atoms with Gasteiger partial charge in [-0.3, -0.25) is 4.79 Å². The SMILES string of the molecule is CC(C)(C)OC(=O)N1CCC(C(=O)c2ccc(Oc3ccccc3)cc2)C1. The molecule has 1 aliphatic rings. The van der Waals surface area contributed by atoms with E-state index in [1.165, 1.54) is 0 Å². The van der Waals surface area contributed by atoms with Gasteiger partial charge in [0.1, 0.15) is 17.1 Å². The van der Waals surface area contributed by atoms with Gasteiger partial charge in [-0.25, -0.2) is 4.79 Å². The molecule has 0 aliphatic carbocycles. The lowest BCUT2D eigenvalue weighted by molar-refractivity contribution is 0.0289. The van der Waals surface area contributed by atoms with Crippen LogP contribution in [0.25, 0.3) is 0 Å². The molecule has 5 heteroatoms. The molecule has 1 heterocycles. The summed E-state index contributed by atoms with van der Waals surface area (Å²) in [5.41, 5.74) is 0.0970. The fraction of sp³-hybridized carbons (Fsp3) is 0.364. The third-order valence-corrected chi connectivity index (χ3v) is 4.33. The van der Waals surface area contributed by atoms with Gasteiger partial charge < -0.3 is 14.4 Å². The lowest BCUT2D eigenvalue weighted by Crippen LogP contribution is -2.35. The molecule has 1 aliphatic heterocycles. The van der Waals surface area contributed by atoms with Gasteiger partial charge in [0.05, 0.1) is 0 Å². The third kappa shape index (κ3) is 5.09. The second kappa shape index (κ2) is 7.82. The zero-order chi connectivity index (χ0) is 19.4. The first-order valence-electron chi connectivity index (χ1n) is 9.17. The molecule has 1 unspecified atom stereocenters. The summed E-state index contributed by atoms with van der Waals surface area (Å²) in [5.74, 6) is 1.28. The second-order valence-corrected chi connectivity index (χ2v) is 7.72. The Hall–Kier alpha value is -2.82. The second-order valence-electron chi connectivity index (χ2n) is 7.72. The number of Topliss-reactive ketones (excluding diaryl/α,β-unsaturated/α-hetero) is 1. The van der Waals surface area contributed by atoms with E-state index in [2.05, 4.69) is 0 Å². The Kier molecular flexibility index (Phi) is 5.49. The van der Waals surface area contributed by atoms with E-state index in [0.717, 1.165) is 5.75 Å². The molecule has 0 spiro atoms. The summed E-state index contributed by atoms with van der Waals surface area (Å²) in [6.07, 6.45) is 0.296. The van der Waals surface area contributed by atoms with Gasteiger partial charge in [0.15, 0.2) is 5.78 Å². The maximum Gasteiger partial charge on any atom is 0.410 e. The summed E-state index contributed by atoms with van der Waals surface area (Å²) in [5, 5.41) is 0. The molecule has 1 amide bonds. The number of carbonyl (C=O) groups excluding carboxylic acids is 2. The Bertz CT molecular complexity index is 793. The summed E-state index contributed by atoms with van der Waals surface area (Å²) >= 11 is 0. The van der Waals surface area contributed by atoms with E-state index in [0.29, 0.717) is 30.8 Å². The molecule has 1 atom stereocenters. The number of ether oxygens (including phenoxy) is 2. The molecule has 0 N–H and O–H groups in total. The smallest absolute Gasteiger partial charge is 0.410 e. The van der Waals surface area contributed by atoms with Crippen LogP contribution in [-0.4, -0.2) is 35.5 Å². The van der Waals surface area contributed by atoms with Crippen LogP contribution in [0.4, 0.5) is 4.79 Å². The van der Waals surface area contributed by atoms with Gasteiger partial charge in [-0.2, -0.15) is 0 Å². The van der Waals surface area contributed by atoms with Crippen molar-refractivity contribution in [2.24, 2.45) is 5.92 Å². The van der Waals surface area contributed by atoms with Crippen molar-refractivity contribution < 1.29 is 19.1 Å². The maximum atomic E-state index is 12.8. The Morgan fingerprint density at radius 2 is 1.59 bits per heavy atom. The molecule has 0 bridgehead atoms. The summed E-state index contributed by atoms with van der Waals surface area (Å²) in [6.45, 7) is 6.45. The van der Waals surface area contributed by atoms with E-state index in [1.54, 1.807) is 29.2 Å². The molecular weight excluding hydrogens is 342 g/mol. The average Bonchev–Trinajstić information content (AvgIpc) is 3.12. The van der Waals surface area contributed by atoms with Crippen molar-refractivity contribution in [3.63, 3.8) is 0 Å². The Morgan fingerprint density at radius 3 is 2.22 bits per heavy atom. The predicted octanol–water partition coefficient (Wildman–Crippen LogP) is 4.92. The summed E-state index contributed by atoms with van der Waals surface area (Å²) in [4.78, 5) is 26.5. The molecule has 0 radical (unpaired) electrons. The minimum Gasteiger partial charge on any atom is -0.457 e. The predicted molar refractivity (Wildman–Crippen MR) is 103 cm³/mol. The number of ketones is 1. The van der Waals surface area contributed by atoms with Crippen molar-refractivity contribution >= 4 is 11.9 Å². The van der Waals surface area contributed by atoms with E-state index in [1.807, 2.05) is 51.1 Å². The number of likely N-dealkylation sites (tertiary alicyclic amines) is 1. The number of benzene rings is 2. The zero-order valence-electron chi connectivity index (χ0n) is 16.0. The van der Waals surface area contributed by atoms with E-state index < -0.39 is 5.60 Å². The molecule has 0 saturated carbocycles. The van der Waals surface area contributed by atoms with Crippen LogP contribution in [0.5, 0.6) is 11.5 Å². The zero-order valence-corrected chi connectivity index (χ0v) is 16.0. The van der Waals surface area contributed by atoms with Gasteiger partial charge in [-0.05, 0) is 63.6 Å². The van der Waals surface area contributed by atoms with Gasteiger partial charge in [0, 0.05) is 24.6 Å². The van der Waals surface area contributed by atoms with Crippen LogP contribution in [0.3, 0.4) is 0 Å². The quantitative estimate of drug-likeness (QED) is 0.720. The Balaban J connectivity index is 1.59. The van der Waals surface area contributed by atoms with Crippen LogP contribution >= 0.6 is 0 Å². The minimum atomic E-state index is -0.534. The van der Waals surface area contributed by atoms with Crippen LogP contribution in [0.2, 0.25) is 0 Å². The highest BCUT2D eigenvalue weighted by molar-refractivity contribution is 5.98. The van der Waals surface area contributed by atoms with Crippen LogP contribution in [0.1, 0.15) is 37.6 Å². The summed E-state index contributed by atoms with van der Waals surface area (Å²) in [6, 6.07) is 16.6. The number of para-hydroxylation sites is 1. The van der Waals surface area contributed by atoms with E-state index in [4.69, 9.17) is 9.47 Å². The number of carbonyl (C=O) groups is 2. The lowest BCUT2D eigenvalue weighted by atomic mass is 9.97. The first kappa shape index (κ1) is 19.0. The van der Waals surface area contributed by atoms with Crippen LogP contribution in [0, 0.1) is 5.92 Å². The molecule has 27 heavy (non-hydrogen) atoms. The van der Waals surface area contributed by atoms with Gasteiger partial charge in [-0.1, -0.05) is 18.2 Å². The molecule has 5 nitrogen and oxygen atoms in total. The lowest BCUT2D eigenvalue weighted by Gasteiger charge is -2.24. The highest BCUT2D eigenvalue weighted by atomic mass is 16.6. The van der Waals surface area contributed by atoms with Crippen molar-refractivity contribution in [2.45, 2.75) is 32.8 Å². The van der Waals surface area contributed by atoms with Crippen molar-refractivity contribution in [1.29, 1.82) is 0 Å². The number of hydrogen-bond acceptors (Lipinski definition) is 4. The minimum absolute atomic E-state index is 0.0484. The molecule has 1 fully saturated rings. The fourth-order valence-corrected chi connectivity index (χ4v) is 3.01. The van der Waals surface area contributed by atoms with Crippen LogP contribution in [-0.2, 0) is 4.74 Å². The van der Waals surface area contributed by atoms with Crippen LogP contribution in [0.15, 0.2) is 54.6 Å². The summed E-state index contributed by atoms with van der Waals surface area (Å²) < 4.78 is 11.1. The third-order valence-electron chi connectivity index (χ3n) is 4.33. The topological polar surface area (TPSA) is 55.8 Å². The van der Waals surface area contributed by atoms with Gasteiger partial charge in [0.25, 0.3) is 0 Å². The average molecular weight is 367 g/mol. The first-order valence-corrected chi connectivity index (χ1v) is 9.17. The van der Waals surface area contributed by atoms with Crippen molar-refractivity contribution in [2.75, 3.05) is 13.1 Å². The van der Waals surface area contributed by atoms with E-state index in [-0.39, 0.29) is 17.8 Å².